The van der Waals surface area contributed by atoms with Gasteiger partial charge in [-0.3, -0.25) is 0 Å². The molecule has 0 unspecified atom stereocenters. The van der Waals surface area contributed by atoms with Crippen LogP contribution in [0, 0.1) is 0 Å². The van der Waals surface area contributed by atoms with E-state index in [1.54, 1.807) is 11.0 Å². The average molecular weight is 506 g/mol. The monoisotopic (exact) mass is 505 g/mol. The number of aromatic nitrogens is 5. The molecule has 0 aliphatic heterocycles. The molecule has 164 valence electrons. The molecular weight excluding hydrogens is 486 g/mol. The van der Waals surface area contributed by atoms with Crippen LogP contribution in [0.15, 0.2) is 126 Å². The highest BCUT2D eigenvalue weighted by molar-refractivity contribution is 9.10. The molecule has 0 fully saturated rings. The van der Waals surface area contributed by atoms with E-state index in [1.807, 2.05) is 18.2 Å². The van der Waals surface area contributed by atoms with E-state index in [1.165, 1.54) is 6.33 Å². The third kappa shape index (κ3) is 3.18. The van der Waals surface area contributed by atoms with Crippen molar-refractivity contribution in [2.45, 2.75) is 5.54 Å². The van der Waals surface area contributed by atoms with Crippen molar-refractivity contribution in [3.05, 3.63) is 143 Å². The van der Waals surface area contributed by atoms with Gasteiger partial charge in [-0.05, 0) is 34.9 Å². The van der Waals surface area contributed by atoms with Crippen LogP contribution in [0.3, 0.4) is 0 Å². The minimum Gasteiger partial charge on any atom is -0.243 e. The highest BCUT2D eigenvalue weighted by Gasteiger charge is 2.41. The van der Waals surface area contributed by atoms with E-state index in [9.17, 15) is 0 Å². The molecule has 2 heterocycles. The minimum atomic E-state index is -0.714. The summed E-state index contributed by atoms with van der Waals surface area (Å²) in [7, 11) is 0. The normalized spacial score (nSPS) is 11.7. The third-order valence-electron chi connectivity index (χ3n) is 6.15. The van der Waals surface area contributed by atoms with Crippen molar-refractivity contribution in [3.63, 3.8) is 0 Å². The molecule has 0 aliphatic carbocycles. The Hall–Kier alpha value is -4.03. The van der Waals surface area contributed by atoms with Gasteiger partial charge in [-0.25, -0.2) is 14.3 Å². The van der Waals surface area contributed by atoms with Gasteiger partial charge >= 0.3 is 0 Å². The summed E-state index contributed by atoms with van der Waals surface area (Å²) in [5, 5.41) is 10.6. The lowest BCUT2D eigenvalue weighted by Crippen LogP contribution is -2.38. The number of fused-ring (bicyclic) bond motifs is 1. The summed E-state index contributed by atoms with van der Waals surface area (Å²) in [4.78, 5) is 4.16. The van der Waals surface area contributed by atoms with Gasteiger partial charge in [0.05, 0.1) is 5.52 Å². The SMILES string of the molecule is Brc1ccc2c(c1)c(-n1cncn1)nn2C(c1ccccc1)(c1ccccc1)c1ccccc1. The predicted octanol–water partition coefficient (Wildman–Crippen LogP) is 6.22. The van der Waals surface area contributed by atoms with E-state index < -0.39 is 5.54 Å². The number of benzene rings is 4. The van der Waals surface area contributed by atoms with E-state index in [2.05, 4.69) is 122 Å². The molecule has 0 spiro atoms. The fourth-order valence-electron chi connectivity index (χ4n) is 4.72. The zero-order chi connectivity index (χ0) is 23.0. The Kier molecular flexibility index (Phi) is 5.08. The van der Waals surface area contributed by atoms with Gasteiger partial charge in [0.1, 0.15) is 18.2 Å². The van der Waals surface area contributed by atoms with Crippen LogP contribution in [0.5, 0.6) is 0 Å². The van der Waals surface area contributed by atoms with Crippen LogP contribution >= 0.6 is 15.9 Å². The maximum Gasteiger partial charge on any atom is 0.184 e. The van der Waals surface area contributed by atoms with Crippen molar-refractivity contribution in [1.82, 2.24) is 24.5 Å². The van der Waals surface area contributed by atoms with Crippen LogP contribution in [0.2, 0.25) is 0 Å². The van der Waals surface area contributed by atoms with Crippen molar-refractivity contribution in [1.29, 1.82) is 0 Å². The lowest BCUT2D eigenvalue weighted by Gasteiger charge is -2.37. The standard InChI is InChI=1S/C28H20BrN5/c29-24-16-17-26-25(18-24)27(33-20-30-19-31-33)32-34(26)28(21-10-4-1-5-11-21,22-12-6-2-7-13-22)23-14-8-3-9-15-23/h1-20H. The van der Waals surface area contributed by atoms with Gasteiger partial charge in [0.15, 0.2) is 5.82 Å². The van der Waals surface area contributed by atoms with E-state index >= 15 is 0 Å². The Labute approximate surface area is 205 Å². The van der Waals surface area contributed by atoms with Crippen LogP contribution in [-0.4, -0.2) is 24.5 Å². The molecular formula is C28H20BrN5. The lowest BCUT2D eigenvalue weighted by atomic mass is 9.77. The Bertz CT molecular complexity index is 1450. The quantitative estimate of drug-likeness (QED) is 0.261. The van der Waals surface area contributed by atoms with Gasteiger partial charge in [0, 0.05) is 9.86 Å². The third-order valence-corrected chi connectivity index (χ3v) is 6.64. The van der Waals surface area contributed by atoms with Crippen molar-refractivity contribution in [2.24, 2.45) is 0 Å². The fourth-order valence-corrected chi connectivity index (χ4v) is 5.08. The maximum absolute atomic E-state index is 5.23. The zero-order valence-corrected chi connectivity index (χ0v) is 19.7. The lowest BCUT2D eigenvalue weighted by molar-refractivity contribution is 0.472. The first-order valence-corrected chi connectivity index (χ1v) is 11.8. The zero-order valence-electron chi connectivity index (χ0n) is 18.2. The van der Waals surface area contributed by atoms with Crippen molar-refractivity contribution in [2.75, 3.05) is 0 Å². The second-order valence-electron chi connectivity index (χ2n) is 8.05. The highest BCUT2D eigenvalue weighted by atomic mass is 79.9. The van der Waals surface area contributed by atoms with Crippen LogP contribution in [0.25, 0.3) is 16.7 Å². The summed E-state index contributed by atoms with van der Waals surface area (Å²) >= 11 is 3.64. The van der Waals surface area contributed by atoms with Crippen molar-refractivity contribution < 1.29 is 0 Å². The van der Waals surface area contributed by atoms with Gasteiger partial charge < -0.3 is 0 Å². The fraction of sp³-hybridized carbons (Fsp3) is 0.0357. The molecule has 6 heteroatoms. The molecule has 0 radical (unpaired) electrons. The number of halogens is 1. The highest BCUT2D eigenvalue weighted by Crippen LogP contribution is 2.43. The topological polar surface area (TPSA) is 48.5 Å². The van der Waals surface area contributed by atoms with Crippen LogP contribution in [-0.2, 0) is 5.54 Å². The first-order chi connectivity index (χ1) is 16.8. The molecule has 0 N–H and O–H groups in total. The molecule has 4 aromatic carbocycles. The molecule has 2 aromatic heterocycles. The van der Waals surface area contributed by atoms with E-state index in [-0.39, 0.29) is 0 Å². The maximum atomic E-state index is 5.23. The van der Waals surface area contributed by atoms with Gasteiger partial charge in [-0.1, -0.05) is 107 Å². The van der Waals surface area contributed by atoms with Gasteiger partial charge in [-0.15, -0.1) is 0 Å². The summed E-state index contributed by atoms with van der Waals surface area (Å²) in [6.45, 7) is 0. The Morgan fingerprint density at radius 2 is 1.24 bits per heavy atom. The molecule has 0 bridgehead atoms. The van der Waals surface area contributed by atoms with Gasteiger partial charge in [0.2, 0.25) is 0 Å². The smallest absolute Gasteiger partial charge is 0.184 e. The first kappa shape index (κ1) is 20.6. The summed E-state index contributed by atoms with van der Waals surface area (Å²) in [6.07, 6.45) is 3.21. The Morgan fingerprint density at radius 3 is 1.74 bits per heavy atom. The second-order valence-corrected chi connectivity index (χ2v) is 8.96. The van der Waals surface area contributed by atoms with E-state index in [0.717, 1.165) is 37.9 Å². The molecule has 0 amide bonds. The van der Waals surface area contributed by atoms with E-state index in [0.29, 0.717) is 0 Å². The molecule has 0 aliphatic rings. The number of nitrogens with zero attached hydrogens (tertiary/aromatic N) is 5. The van der Waals surface area contributed by atoms with Gasteiger partial charge in [-0.2, -0.15) is 10.2 Å². The minimum absolute atomic E-state index is 0.714. The number of hydrogen-bond donors (Lipinski definition) is 0. The van der Waals surface area contributed by atoms with Crippen molar-refractivity contribution in [3.8, 4) is 5.82 Å². The molecule has 0 saturated carbocycles. The largest absolute Gasteiger partial charge is 0.243 e. The van der Waals surface area contributed by atoms with Crippen LogP contribution in [0.1, 0.15) is 16.7 Å². The van der Waals surface area contributed by atoms with Crippen LogP contribution < -0.4 is 0 Å². The molecule has 0 saturated heterocycles. The van der Waals surface area contributed by atoms with E-state index in [4.69, 9.17) is 5.10 Å². The summed E-state index contributed by atoms with van der Waals surface area (Å²) in [5.74, 6) is 0.723. The molecule has 6 aromatic rings. The number of rotatable bonds is 5. The summed E-state index contributed by atoms with van der Waals surface area (Å²) < 4.78 is 4.83. The molecule has 5 nitrogen and oxygen atoms in total. The Morgan fingerprint density at radius 1 is 0.676 bits per heavy atom. The van der Waals surface area contributed by atoms with Gasteiger partial charge in [0.25, 0.3) is 0 Å². The average Bonchev–Trinajstić information content (AvgIpc) is 3.55. The van der Waals surface area contributed by atoms with Crippen molar-refractivity contribution >= 4 is 26.8 Å². The predicted molar refractivity (Wildman–Crippen MR) is 137 cm³/mol. The molecule has 34 heavy (non-hydrogen) atoms. The van der Waals surface area contributed by atoms with Crippen LogP contribution in [0.4, 0.5) is 0 Å². The molecule has 6 rings (SSSR count). The second kappa shape index (κ2) is 8.39. The summed E-state index contributed by atoms with van der Waals surface area (Å²) in [5.41, 5.74) is 3.62. The number of hydrogen-bond acceptors (Lipinski definition) is 3. The summed E-state index contributed by atoms with van der Waals surface area (Å²) in [6, 6.07) is 37.9. The first-order valence-electron chi connectivity index (χ1n) is 11.0. The Balaban J connectivity index is 1.81. The molecule has 0 atom stereocenters.